The van der Waals surface area contributed by atoms with Crippen molar-refractivity contribution >= 4 is 22.7 Å². The van der Waals surface area contributed by atoms with Crippen molar-refractivity contribution in [2.24, 2.45) is 0 Å². The van der Waals surface area contributed by atoms with Crippen molar-refractivity contribution < 1.29 is 9.59 Å². The van der Waals surface area contributed by atoms with E-state index in [0.29, 0.717) is 31.7 Å². The van der Waals surface area contributed by atoms with Crippen LogP contribution in [0.3, 0.4) is 0 Å². The number of carbonyl (C=O) groups is 2. The molecule has 2 aromatic carbocycles. The zero-order valence-electron chi connectivity index (χ0n) is 19.2. The van der Waals surface area contributed by atoms with Crippen molar-refractivity contribution in [2.45, 2.75) is 21.3 Å². The van der Waals surface area contributed by atoms with Gasteiger partial charge in [-0.1, -0.05) is 31.7 Å². The van der Waals surface area contributed by atoms with Gasteiger partial charge in [-0.25, -0.2) is 9.97 Å². The van der Waals surface area contributed by atoms with Crippen LogP contribution in [0.1, 0.15) is 30.4 Å². The third-order valence-electron chi connectivity index (χ3n) is 6.28. The Kier molecular flexibility index (Phi) is 6.87. The molecule has 0 aliphatic carbocycles. The number of nitrogens with zero attached hydrogens (tertiary/aromatic N) is 5. The standard InChI is InChI=1S/C27H25N5O2.CH4/c1-18-6-7-23(16-28-18)20-8-9-25-24(15-20)26(30-17-29-25)21-4-3-5-22(14-21)27(34)32-12-10-31(11-13-32)19(2)33;/h3-9,14-17H,10-13H2,1-2H3;1H4. The lowest BCUT2D eigenvalue weighted by Crippen LogP contribution is -2.50. The number of fused-ring (bicyclic) bond motifs is 1. The molecular weight excluding hydrogens is 438 g/mol. The number of hydrogen-bond acceptors (Lipinski definition) is 5. The molecule has 4 aromatic rings. The maximum absolute atomic E-state index is 13.2. The SMILES string of the molecule is C.CC(=O)N1CCN(C(=O)c2cccc(-c3ncnc4ccc(-c5ccc(C)nc5)cc34)c2)CC1. The minimum Gasteiger partial charge on any atom is -0.339 e. The molecule has 7 heteroatoms. The highest BCUT2D eigenvalue weighted by Gasteiger charge is 2.23. The summed E-state index contributed by atoms with van der Waals surface area (Å²) in [6, 6.07) is 17.7. The second-order valence-corrected chi connectivity index (χ2v) is 8.52. The predicted molar refractivity (Wildman–Crippen MR) is 138 cm³/mol. The first-order valence-electron chi connectivity index (χ1n) is 11.3. The molecule has 1 saturated heterocycles. The number of aryl methyl sites for hydroxylation is 1. The predicted octanol–water partition coefficient (Wildman–Crippen LogP) is 4.61. The number of piperazine rings is 1. The quantitative estimate of drug-likeness (QED) is 0.440. The second kappa shape index (κ2) is 10.0. The van der Waals surface area contributed by atoms with E-state index in [9.17, 15) is 9.59 Å². The highest BCUT2D eigenvalue weighted by Crippen LogP contribution is 2.30. The monoisotopic (exact) mass is 467 g/mol. The highest BCUT2D eigenvalue weighted by atomic mass is 16.2. The number of carbonyl (C=O) groups excluding carboxylic acids is 2. The van der Waals surface area contributed by atoms with Crippen LogP contribution in [-0.2, 0) is 4.79 Å². The summed E-state index contributed by atoms with van der Waals surface area (Å²) < 4.78 is 0. The first-order chi connectivity index (χ1) is 16.5. The van der Waals surface area contributed by atoms with Crippen molar-refractivity contribution in [3.63, 3.8) is 0 Å². The van der Waals surface area contributed by atoms with Crippen LogP contribution in [0.5, 0.6) is 0 Å². The summed E-state index contributed by atoms with van der Waals surface area (Å²) in [5, 5.41) is 0.917. The van der Waals surface area contributed by atoms with Gasteiger partial charge in [0, 0.05) is 67.1 Å². The lowest BCUT2D eigenvalue weighted by molar-refractivity contribution is -0.130. The Morgan fingerprint density at radius 3 is 2.26 bits per heavy atom. The van der Waals surface area contributed by atoms with Crippen LogP contribution in [-0.4, -0.2) is 62.7 Å². The van der Waals surface area contributed by atoms with E-state index in [1.165, 1.54) is 0 Å². The van der Waals surface area contributed by atoms with Gasteiger partial charge in [0.05, 0.1) is 11.2 Å². The Bertz CT molecular complexity index is 1380. The van der Waals surface area contributed by atoms with E-state index in [1.807, 2.05) is 55.6 Å². The van der Waals surface area contributed by atoms with Crippen molar-refractivity contribution in [3.8, 4) is 22.4 Å². The van der Waals surface area contributed by atoms with E-state index in [0.717, 1.165) is 39.0 Å². The molecule has 2 aromatic heterocycles. The fraction of sp³-hybridized carbons (Fsp3) is 0.250. The zero-order valence-corrected chi connectivity index (χ0v) is 19.2. The second-order valence-electron chi connectivity index (χ2n) is 8.52. The van der Waals surface area contributed by atoms with E-state index >= 15 is 0 Å². The fourth-order valence-corrected chi connectivity index (χ4v) is 4.31. The molecule has 0 saturated carbocycles. The van der Waals surface area contributed by atoms with Crippen molar-refractivity contribution in [2.75, 3.05) is 26.2 Å². The summed E-state index contributed by atoms with van der Waals surface area (Å²) in [5.41, 5.74) is 6.12. The van der Waals surface area contributed by atoms with Crippen LogP contribution >= 0.6 is 0 Å². The number of benzene rings is 2. The van der Waals surface area contributed by atoms with Gasteiger partial charge in [0.1, 0.15) is 6.33 Å². The average molecular weight is 468 g/mol. The lowest BCUT2D eigenvalue weighted by Gasteiger charge is -2.34. The van der Waals surface area contributed by atoms with Gasteiger partial charge >= 0.3 is 0 Å². The number of rotatable bonds is 3. The van der Waals surface area contributed by atoms with Crippen LogP contribution in [0.2, 0.25) is 0 Å². The summed E-state index contributed by atoms with van der Waals surface area (Å²) in [5.74, 6) is 0.0142. The maximum Gasteiger partial charge on any atom is 0.253 e. The van der Waals surface area contributed by atoms with Crippen LogP contribution in [0.25, 0.3) is 33.3 Å². The van der Waals surface area contributed by atoms with Gasteiger partial charge in [-0.15, -0.1) is 0 Å². The Hall–Kier alpha value is -4.13. The molecule has 0 atom stereocenters. The molecular formula is C28H29N5O2. The smallest absolute Gasteiger partial charge is 0.253 e. The van der Waals surface area contributed by atoms with E-state index in [2.05, 4.69) is 27.1 Å². The summed E-state index contributed by atoms with van der Waals surface area (Å²) in [6.07, 6.45) is 3.42. The maximum atomic E-state index is 13.2. The van der Waals surface area contributed by atoms with Crippen LogP contribution < -0.4 is 0 Å². The molecule has 0 spiro atoms. The van der Waals surface area contributed by atoms with Crippen LogP contribution in [0.4, 0.5) is 0 Å². The molecule has 5 rings (SSSR count). The number of hydrogen-bond donors (Lipinski definition) is 0. The molecule has 0 unspecified atom stereocenters. The molecule has 2 amide bonds. The Labute approximate surface area is 205 Å². The first kappa shape index (κ1) is 24.0. The zero-order chi connectivity index (χ0) is 23.7. The normalized spacial score (nSPS) is 13.4. The molecule has 0 radical (unpaired) electrons. The average Bonchev–Trinajstić information content (AvgIpc) is 2.88. The third-order valence-corrected chi connectivity index (χ3v) is 6.28. The molecule has 0 bridgehead atoms. The summed E-state index contributed by atoms with van der Waals surface area (Å²) in [6.45, 7) is 5.73. The van der Waals surface area contributed by atoms with E-state index in [-0.39, 0.29) is 19.2 Å². The van der Waals surface area contributed by atoms with E-state index < -0.39 is 0 Å². The molecule has 178 valence electrons. The number of amides is 2. The van der Waals surface area contributed by atoms with Gasteiger partial charge < -0.3 is 9.80 Å². The van der Waals surface area contributed by atoms with Gasteiger partial charge in [-0.3, -0.25) is 14.6 Å². The van der Waals surface area contributed by atoms with Crippen LogP contribution in [0.15, 0.2) is 67.1 Å². The molecule has 3 heterocycles. The molecule has 1 fully saturated rings. The van der Waals surface area contributed by atoms with Gasteiger partial charge in [0.15, 0.2) is 0 Å². The number of pyridine rings is 1. The summed E-state index contributed by atoms with van der Waals surface area (Å²) >= 11 is 0. The first-order valence-corrected chi connectivity index (χ1v) is 11.3. The summed E-state index contributed by atoms with van der Waals surface area (Å²) in [7, 11) is 0. The van der Waals surface area contributed by atoms with Crippen molar-refractivity contribution in [3.05, 3.63) is 78.4 Å². The highest BCUT2D eigenvalue weighted by molar-refractivity contribution is 5.98. The van der Waals surface area contributed by atoms with Gasteiger partial charge in [-0.05, 0) is 42.8 Å². The van der Waals surface area contributed by atoms with Crippen molar-refractivity contribution in [1.82, 2.24) is 24.8 Å². The van der Waals surface area contributed by atoms with Gasteiger partial charge in [-0.2, -0.15) is 0 Å². The van der Waals surface area contributed by atoms with E-state index in [4.69, 9.17) is 0 Å². The van der Waals surface area contributed by atoms with Crippen molar-refractivity contribution in [1.29, 1.82) is 0 Å². The van der Waals surface area contributed by atoms with E-state index in [1.54, 1.807) is 23.1 Å². The Morgan fingerprint density at radius 1 is 0.800 bits per heavy atom. The van der Waals surface area contributed by atoms with Crippen LogP contribution in [0, 0.1) is 6.92 Å². The minimum absolute atomic E-state index is 0. The largest absolute Gasteiger partial charge is 0.339 e. The molecule has 0 N–H and O–H groups in total. The molecule has 35 heavy (non-hydrogen) atoms. The van der Waals surface area contributed by atoms with Gasteiger partial charge in [0.2, 0.25) is 5.91 Å². The Morgan fingerprint density at radius 2 is 1.54 bits per heavy atom. The third kappa shape index (κ3) is 4.89. The Balaban J connectivity index is 0.00000289. The number of aromatic nitrogens is 3. The van der Waals surface area contributed by atoms with Gasteiger partial charge in [0.25, 0.3) is 5.91 Å². The molecule has 1 aliphatic rings. The minimum atomic E-state index is -0.0326. The fourth-order valence-electron chi connectivity index (χ4n) is 4.31. The topological polar surface area (TPSA) is 79.3 Å². The molecule has 7 nitrogen and oxygen atoms in total. The molecule has 1 aliphatic heterocycles. The lowest BCUT2D eigenvalue weighted by atomic mass is 10.00. The summed E-state index contributed by atoms with van der Waals surface area (Å²) in [4.78, 5) is 41.8.